The summed E-state index contributed by atoms with van der Waals surface area (Å²) in [6.07, 6.45) is 23.5. The van der Waals surface area contributed by atoms with E-state index in [9.17, 15) is 0 Å². The van der Waals surface area contributed by atoms with Gasteiger partial charge in [-0.1, -0.05) is 77.2 Å². The Morgan fingerprint density at radius 3 is 1.78 bits per heavy atom. The van der Waals surface area contributed by atoms with Gasteiger partial charge < -0.3 is 4.48 Å². The third-order valence-electron chi connectivity index (χ3n) is 4.88. The lowest BCUT2D eigenvalue weighted by molar-refractivity contribution is -0.885. The normalized spacial score (nSPS) is 13.8. The summed E-state index contributed by atoms with van der Waals surface area (Å²) in [7, 11) is 4.69. The summed E-state index contributed by atoms with van der Waals surface area (Å²) in [5.41, 5.74) is 4.68. The summed E-state index contributed by atoms with van der Waals surface area (Å²) in [6, 6.07) is 0. The molecule has 1 rings (SSSR count). The molecule has 0 bridgehead atoms. The number of hydrogen-bond donors (Lipinski definition) is 0. The second-order valence-corrected chi connectivity index (χ2v) is 7.90. The minimum atomic E-state index is 1.10. The van der Waals surface area contributed by atoms with Gasteiger partial charge in [-0.3, -0.25) is 0 Å². The van der Waals surface area contributed by atoms with Crippen molar-refractivity contribution in [2.75, 3.05) is 27.2 Å². The van der Waals surface area contributed by atoms with Crippen molar-refractivity contribution in [3.05, 3.63) is 29.5 Å². The Morgan fingerprint density at radius 1 is 0.783 bits per heavy atom. The molecule has 132 valence electrons. The Hall–Kier alpha value is -0.780. The number of unbranched alkanes of at least 4 members (excludes halogenated alkanes) is 11. The zero-order valence-corrected chi connectivity index (χ0v) is 16.1. The lowest BCUT2D eigenvalue weighted by atomic mass is 10.1. The molecule has 1 aliphatic rings. The number of likely N-dealkylation sites (N-methyl/N-ethyl adjacent to an activating group) is 1. The molecule has 0 saturated heterocycles. The van der Waals surface area contributed by atoms with Gasteiger partial charge in [0.15, 0.2) is 0 Å². The van der Waals surface area contributed by atoms with Crippen LogP contribution < -0.4 is 0 Å². The average Bonchev–Trinajstić information content (AvgIpc) is 3.00. The first-order chi connectivity index (χ1) is 11.1. The maximum Gasteiger partial charge on any atom is 0.111 e. The fourth-order valence-electron chi connectivity index (χ4n) is 3.39. The van der Waals surface area contributed by atoms with Crippen molar-refractivity contribution in [2.24, 2.45) is 0 Å². The van der Waals surface area contributed by atoms with E-state index in [1.807, 2.05) is 6.08 Å². The molecule has 0 atom stereocenters. The molecule has 0 radical (unpaired) electrons. The van der Waals surface area contributed by atoms with E-state index in [0.29, 0.717) is 0 Å². The first-order valence-electron chi connectivity index (χ1n) is 10.1. The van der Waals surface area contributed by atoms with Crippen LogP contribution in [0.5, 0.6) is 0 Å². The largest absolute Gasteiger partial charge is 0.324 e. The van der Waals surface area contributed by atoms with Gasteiger partial charge in [0.05, 0.1) is 20.6 Å². The first-order valence-corrected chi connectivity index (χ1v) is 10.1. The van der Waals surface area contributed by atoms with Gasteiger partial charge in [0, 0.05) is 5.57 Å². The average molecular weight is 319 g/mol. The number of nitrogens with zero attached hydrogens (tertiary/aromatic N) is 1. The fraction of sp³-hybridized carbons (Fsp3) is 0.773. The van der Waals surface area contributed by atoms with Crippen LogP contribution in [0.15, 0.2) is 29.5 Å². The van der Waals surface area contributed by atoms with Crippen molar-refractivity contribution < 1.29 is 4.48 Å². The molecular formula is C22H40N+. The zero-order valence-electron chi connectivity index (χ0n) is 16.1. The van der Waals surface area contributed by atoms with Crippen LogP contribution in [0.3, 0.4) is 0 Å². The smallest absolute Gasteiger partial charge is 0.111 e. The van der Waals surface area contributed by atoms with Gasteiger partial charge in [-0.15, -0.1) is 5.73 Å². The summed E-state index contributed by atoms with van der Waals surface area (Å²) in [5.74, 6) is 0. The van der Waals surface area contributed by atoms with Crippen LogP contribution in [-0.4, -0.2) is 31.7 Å². The van der Waals surface area contributed by atoms with Crippen molar-refractivity contribution in [1.82, 2.24) is 0 Å². The molecule has 23 heavy (non-hydrogen) atoms. The molecule has 0 N–H and O–H groups in total. The first kappa shape index (κ1) is 20.3. The molecule has 0 aromatic carbocycles. The molecule has 0 heterocycles. The third kappa shape index (κ3) is 11.4. The van der Waals surface area contributed by atoms with Gasteiger partial charge in [0.2, 0.25) is 0 Å². The zero-order chi connectivity index (χ0) is 16.8. The lowest BCUT2D eigenvalue weighted by Crippen LogP contribution is -2.41. The number of hydrogen-bond acceptors (Lipinski definition) is 0. The third-order valence-corrected chi connectivity index (χ3v) is 4.88. The van der Waals surface area contributed by atoms with E-state index < -0.39 is 0 Å². The van der Waals surface area contributed by atoms with E-state index in [-0.39, 0.29) is 0 Å². The maximum atomic E-state index is 3.32. The molecule has 0 saturated carbocycles. The Morgan fingerprint density at radius 2 is 1.30 bits per heavy atom. The predicted molar refractivity (Wildman–Crippen MR) is 104 cm³/mol. The van der Waals surface area contributed by atoms with Crippen LogP contribution in [0.25, 0.3) is 0 Å². The van der Waals surface area contributed by atoms with Crippen LogP contribution in [-0.2, 0) is 0 Å². The molecule has 1 nitrogen and oxygen atoms in total. The SMILES string of the molecule is CCCCCCCCCCCCCC[N+](C)(C)CC1=C=CC=C1. The van der Waals surface area contributed by atoms with Crippen LogP contribution in [0.1, 0.15) is 84.0 Å². The van der Waals surface area contributed by atoms with Crippen LogP contribution in [0.4, 0.5) is 0 Å². The lowest BCUT2D eigenvalue weighted by Gasteiger charge is -2.29. The van der Waals surface area contributed by atoms with Gasteiger partial charge in [0.25, 0.3) is 0 Å². The highest BCUT2D eigenvalue weighted by Gasteiger charge is 2.16. The predicted octanol–water partition coefficient (Wildman–Crippen LogP) is 6.42. The highest BCUT2D eigenvalue weighted by Crippen LogP contribution is 2.14. The van der Waals surface area contributed by atoms with E-state index in [1.165, 1.54) is 89.2 Å². The molecule has 0 amide bonds. The molecule has 1 aliphatic carbocycles. The fourth-order valence-corrected chi connectivity index (χ4v) is 3.39. The van der Waals surface area contributed by atoms with Gasteiger partial charge in [0.1, 0.15) is 6.54 Å². The van der Waals surface area contributed by atoms with E-state index in [4.69, 9.17) is 0 Å². The summed E-state index contributed by atoms with van der Waals surface area (Å²) < 4.78 is 1.10. The molecule has 0 spiro atoms. The molecule has 0 aliphatic heterocycles. The highest BCUT2D eigenvalue weighted by molar-refractivity contribution is 5.29. The minimum Gasteiger partial charge on any atom is -0.324 e. The van der Waals surface area contributed by atoms with Crippen molar-refractivity contribution in [1.29, 1.82) is 0 Å². The van der Waals surface area contributed by atoms with Crippen molar-refractivity contribution >= 4 is 0 Å². The summed E-state index contributed by atoms with van der Waals surface area (Å²) in [6.45, 7) is 4.70. The van der Waals surface area contributed by atoms with Crippen LogP contribution >= 0.6 is 0 Å². The van der Waals surface area contributed by atoms with E-state index >= 15 is 0 Å². The Labute approximate surface area is 145 Å². The van der Waals surface area contributed by atoms with Gasteiger partial charge in [-0.2, -0.15) is 0 Å². The Balaban J connectivity index is 1.87. The highest BCUT2D eigenvalue weighted by atomic mass is 15.3. The molecule has 0 aromatic heterocycles. The quantitative estimate of drug-likeness (QED) is 0.186. The van der Waals surface area contributed by atoms with Gasteiger partial charge in [-0.25, -0.2) is 0 Å². The van der Waals surface area contributed by atoms with Crippen LogP contribution in [0.2, 0.25) is 0 Å². The van der Waals surface area contributed by atoms with Crippen LogP contribution in [0, 0.1) is 0 Å². The minimum absolute atomic E-state index is 1.10. The second kappa shape index (κ2) is 12.6. The summed E-state index contributed by atoms with van der Waals surface area (Å²) in [5, 5.41) is 0. The Kier molecular flexibility index (Phi) is 11.1. The van der Waals surface area contributed by atoms with Crippen molar-refractivity contribution in [3.63, 3.8) is 0 Å². The Bertz CT molecular complexity index is 383. The molecule has 0 aromatic rings. The van der Waals surface area contributed by atoms with E-state index in [1.54, 1.807) is 0 Å². The summed E-state index contributed by atoms with van der Waals surface area (Å²) >= 11 is 0. The van der Waals surface area contributed by atoms with Gasteiger partial charge in [-0.05, 0) is 25.0 Å². The number of allylic oxidation sites excluding steroid dienone is 1. The van der Waals surface area contributed by atoms with Gasteiger partial charge >= 0.3 is 0 Å². The topological polar surface area (TPSA) is 0 Å². The molecule has 0 unspecified atom stereocenters. The van der Waals surface area contributed by atoms with Crippen molar-refractivity contribution in [3.8, 4) is 0 Å². The van der Waals surface area contributed by atoms with Crippen molar-refractivity contribution in [2.45, 2.75) is 84.0 Å². The second-order valence-electron chi connectivity index (χ2n) is 7.90. The summed E-state index contributed by atoms with van der Waals surface area (Å²) in [4.78, 5) is 0. The molecular weight excluding hydrogens is 278 g/mol. The number of quaternary nitrogens is 1. The maximum absolute atomic E-state index is 3.32. The van der Waals surface area contributed by atoms with E-state index in [2.05, 4.69) is 38.9 Å². The monoisotopic (exact) mass is 318 g/mol. The molecule has 0 fully saturated rings. The number of rotatable bonds is 15. The standard InChI is InChI=1S/C22H40N/c1-4-5-6-7-8-9-10-11-12-13-14-17-20-23(2,3)21-22-18-15-16-19-22/h15-16,18H,4-14,17,20-21H2,1-3H3/q+1. The van der Waals surface area contributed by atoms with E-state index in [0.717, 1.165) is 11.0 Å². The molecule has 1 heteroatoms.